The minimum Gasteiger partial charge on any atom is -0.392 e. The first-order valence-corrected chi connectivity index (χ1v) is 3.38. The van der Waals surface area contributed by atoms with Crippen molar-refractivity contribution in [1.82, 2.24) is 0 Å². The predicted octanol–water partition coefficient (Wildman–Crippen LogP) is -0.897. The van der Waals surface area contributed by atoms with Crippen molar-refractivity contribution >= 4 is 37.9 Å². The molecule has 0 radical (unpaired) electrons. The Morgan fingerprint density at radius 1 is 1.11 bits per heavy atom. The van der Waals surface area contributed by atoms with Crippen molar-refractivity contribution in [2.24, 2.45) is 0 Å². The number of aliphatic hydroxyl groups excluding tert-OH is 1. The molecule has 0 aliphatic heterocycles. The van der Waals surface area contributed by atoms with E-state index in [1.165, 1.54) is 0 Å². The van der Waals surface area contributed by atoms with Crippen molar-refractivity contribution in [1.29, 1.82) is 0 Å². The summed E-state index contributed by atoms with van der Waals surface area (Å²) in [5.74, 6) is 0. The van der Waals surface area contributed by atoms with Crippen molar-refractivity contribution in [3.8, 4) is 0 Å². The van der Waals surface area contributed by atoms with E-state index in [0.717, 1.165) is 0 Å². The second-order valence-electron chi connectivity index (χ2n) is 1.61. The van der Waals surface area contributed by atoms with E-state index in [0.29, 0.717) is 0 Å². The number of rotatable bonds is 2. The van der Waals surface area contributed by atoms with Gasteiger partial charge in [-0.05, 0) is 0 Å². The number of thiol groups is 3. The SMILES string of the molecule is OCC(O)(S)C(O)(S)S. The molecule has 0 spiro atoms. The first-order valence-electron chi connectivity index (χ1n) is 2.04. The van der Waals surface area contributed by atoms with Gasteiger partial charge in [0.2, 0.25) is 0 Å². The molecule has 0 fully saturated rings. The first kappa shape index (κ1) is 9.93. The average molecular weight is 188 g/mol. The van der Waals surface area contributed by atoms with Crippen LogP contribution in [0.25, 0.3) is 0 Å². The van der Waals surface area contributed by atoms with Crippen molar-refractivity contribution in [3.63, 3.8) is 0 Å². The van der Waals surface area contributed by atoms with E-state index >= 15 is 0 Å². The fraction of sp³-hybridized carbons (Fsp3) is 1.00. The van der Waals surface area contributed by atoms with E-state index in [1.54, 1.807) is 0 Å². The van der Waals surface area contributed by atoms with Gasteiger partial charge in [0.05, 0.1) is 6.61 Å². The molecule has 6 heteroatoms. The van der Waals surface area contributed by atoms with Gasteiger partial charge in [0.15, 0.2) is 9.20 Å². The molecule has 0 rings (SSSR count). The monoisotopic (exact) mass is 188 g/mol. The highest BCUT2D eigenvalue weighted by atomic mass is 32.2. The van der Waals surface area contributed by atoms with Crippen molar-refractivity contribution in [2.45, 2.75) is 9.20 Å². The minimum absolute atomic E-state index is 0.723. The van der Waals surface area contributed by atoms with Crippen molar-refractivity contribution < 1.29 is 15.3 Å². The van der Waals surface area contributed by atoms with Gasteiger partial charge in [0.1, 0.15) is 0 Å². The standard InChI is InChI=1S/C3H8O3S3/c4-1-2(5,7)3(6,8)9/h4-9H,1H2. The molecular weight excluding hydrogens is 180 g/mol. The molecule has 0 saturated heterocycles. The highest BCUT2D eigenvalue weighted by Gasteiger charge is 2.40. The van der Waals surface area contributed by atoms with Crippen LogP contribution in [0, 0.1) is 0 Å². The van der Waals surface area contributed by atoms with Crippen molar-refractivity contribution in [2.75, 3.05) is 6.61 Å². The Morgan fingerprint density at radius 3 is 1.44 bits per heavy atom. The average Bonchev–Trinajstić information content (AvgIpc) is 1.64. The summed E-state index contributed by atoms with van der Waals surface area (Å²) in [4.78, 5) is -1.99. The van der Waals surface area contributed by atoms with Gasteiger partial charge in [-0.25, -0.2) is 0 Å². The van der Waals surface area contributed by atoms with Gasteiger partial charge in [-0.1, -0.05) is 0 Å². The van der Waals surface area contributed by atoms with Crippen LogP contribution in [0.5, 0.6) is 0 Å². The van der Waals surface area contributed by atoms with E-state index in [4.69, 9.17) is 15.3 Å². The molecule has 0 aliphatic carbocycles. The summed E-state index contributed by atoms with van der Waals surface area (Å²) in [6, 6.07) is 0. The Bertz CT molecular complexity index is 97.0. The molecule has 0 aromatic heterocycles. The summed E-state index contributed by atoms with van der Waals surface area (Å²) < 4.78 is -2.00. The highest BCUT2D eigenvalue weighted by Crippen LogP contribution is 2.32. The molecule has 3 N–H and O–H groups in total. The van der Waals surface area contributed by atoms with Gasteiger partial charge in [-0.3, -0.25) is 0 Å². The zero-order valence-electron chi connectivity index (χ0n) is 4.39. The highest BCUT2D eigenvalue weighted by molar-refractivity contribution is 8.01. The maximum atomic E-state index is 8.87. The Balaban J connectivity index is 4.14. The molecule has 0 aliphatic rings. The summed E-state index contributed by atoms with van der Waals surface area (Å²) in [5, 5.41) is 26.0. The van der Waals surface area contributed by atoms with Crippen LogP contribution in [0.3, 0.4) is 0 Å². The lowest BCUT2D eigenvalue weighted by atomic mass is 10.4. The summed E-state index contributed by atoms with van der Waals surface area (Å²) in [6.07, 6.45) is 0. The van der Waals surface area contributed by atoms with Crippen LogP contribution in [-0.4, -0.2) is 31.1 Å². The molecule has 0 amide bonds. The third-order valence-electron chi connectivity index (χ3n) is 0.758. The fourth-order valence-electron chi connectivity index (χ4n) is 0.106. The predicted molar refractivity (Wildman–Crippen MR) is 43.9 cm³/mol. The number of aliphatic hydroxyl groups is 3. The maximum Gasteiger partial charge on any atom is 0.192 e. The Hall–Kier alpha value is 0.930. The van der Waals surface area contributed by atoms with E-state index in [2.05, 4.69) is 37.9 Å². The van der Waals surface area contributed by atoms with Crippen LogP contribution in [0.15, 0.2) is 0 Å². The first-order chi connectivity index (χ1) is 3.81. The van der Waals surface area contributed by atoms with Crippen LogP contribution in [0.1, 0.15) is 0 Å². The van der Waals surface area contributed by atoms with Gasteiger partial charge in [0.25, 0.3) is 0 Å². The van der Waals surface area contributed by atoms with Crippen LogP contribution in [-0.2, 0) is 0 Å². The Morgan fingerprint density at radius 2 is 1.44 bits per heavy atom. The van der Waals surface area contributed by atoms with E-state index in [9.17, 15) is 0 Å². The lowest BCUT2D eigenvalue weighted by molar-refractivity contribution is -0.0117. The zero-order chi connectivity index (χ0) is 7.71. The lowest BCUT2D eigenvalue weighted by Crippen LogP contribution is -2.44. The largest absolute Gasteiger partial charge is 0.392 e. The lowest BCUT2D eigenvalue weighted by Gasteiger charge is -2.30. The van der Waals surface area contributed by atoms with Gasteiger partial charge in [0, 0.05) is 0 Å². The smallest absolute Gasteiger partial charge is 0.192 e. The summed E-state index contributed by atoms with van der Waals surface area (Å²) in [5.41, 5.74) is 0. The molecule has 3 nitrogen and oxygen atoms in total. The molecule has 0 heterocycles. The maximum absolute atomic E-state index is 8.87. The molecular formula is C3H8O3S3. The normalized spacial score (nSPS) is 19.3. The van der Waals surface area contributed by atoms with Crippen LogP contribution >= 0.6 is 37.9 Å². The molecule has 0 saturated carbocycles. The molecule has 0 bridgehead atoms. The Labute approximate surface area is 69.3 Å². The second-order valence-corrected chi connectivity index (χ2v) is 4.00. The fourth-order valence-corrected chi connectivity index (χ4v) is 0.247. The molecule has 0 aromatic rings. The molecule has 1 unspecified atom stereocenters. The zero-order valence-corrected chi connectivity index (χ0v) is 7.07. The minimum atomic E-state index is -2.00. The van der Waals surface area contributed by atoms with Gasteiger partial charge >= 0.3 is 0 Å². The van der Waals surface area contributed by atoms with E-state index < -0.39 is 15.8 Å². The topological polar surface area (TPSA) is 60.7 Å². The summed E-state index contributed by atoms with van der Waals surface area (Å²) in [6.45, 7) is -0.723. The molecule has 56 valence electrons. The third kappa shape index (κ3) is 2.57. The van der Waals surface area contributed by atoms with Gasteiger partial charge in [-0.2, -0.15) is 0 Å². The molecule has 9 heavy (non-hydrogen) atoms. The molecule has 0 aromatic carbocycles. The van der Waals surface area contributed by atoms with E-state index in [-0.39, 0.29) is 0 Å². The van der Waals surface area contributed by atoms with Gasteiger partial charge in [-0.15, -0.1) is 37.9 Å². The summed E-state index contributed by atoms with van der Waals surface area (Å²) >= 11 is 10.4. The van der Waals surface area contributed by atoms with Crippen LogP contribution < -0.4 is 0 Å². The van der Waals surface area contributed by atoms with Crippen LogP contribution in [0.4, 0.5) is 0 Å². The Kier molecular flexibility index (Phi) is 3.19. The second kappa shape index (κ2) is 2.89. The van der Waals surface area contributed by atoms with Crippen molar-refractivity contribution in [3.05, 3.63) is 0 Å². The van der Waals surface area contributed by atoms with Crippen LogP contribution in [0.2, 0.25) is 0 Å². The number of hydrogen-bond donors (Lipinski definition) is 6. The third-order valence-corrected chi connectivity index (χ3v) is 2.32. The quantitative estimate of drug-likeness (QED) is 0.252. The summed E-state index contributed by atoms with van der Waals surface area (Å²) in [7, 11) is 0. The molecule has 1 atom stereocenters. The number of hydrogen-bond acceptors (Lipinski definition) is 6. The van der Waals surface area contributed by atoms with Gasteiger partial charge < -0.3 is 15.3 Å². The van der Waals surface area contributed by atoms with E-state index in [1.807, 2.05) is 0 Å².